The number of fused-ring (bicyclic) bond motifs is 1. The molecule has 34 heavy (non-hydrogen) atoms. The van der Waals surface area contributed by atoms with Crippen LogP contribution in [-0.2, 0) is 37.0 Å². The number of methoxy groups -OCH3 is 1. The normalized spacial score (nSPS) is 20.6. The van der Waals surface area contributed by atoms with Crippen LogP contribution in [0.5, 0.6) is 0 Å². The number of likely N-dealkylation sites (N-methyl/N-ethyl adjacent to an activating group) is 1. The van der Waals surface area contributed by atoms with Crippen LogP contribution in [0.4, 0.5) is 0 Å². The Morgan fingerprint density at radius 3 is 2.59 bits per heavy atom. The first-order valence-electron chi connectivity index (χ1n) is 12.0. The van der Waals surface area contributed by atoms with Crippen LogP contribution in [0.2, 0.25) is 0 Å². The van der Waals surface area contributed by atoms with Gasteiger partial charge in [-0.05, 0) is 30.5 Å². The standard InChI is InChI=1S/C26H33N3O5/c1-3-28(13-14-33-2)15-18-7-9-19(10-8-18)17-34-23-6-4-5-20-21(23)16-29(26(20)32)22-11-12-24(30)27-25(22)31/h5,7-10,22H,3-4,6,11-17H2,1-2H3,(H,27,30,31). The lowest BCUT2D eigenvalue weighted by molar-refractivity contribution is -0.142. The van der Waals surface area contributed by atoms with Gasteiger partial charge in [-0.15, -0.1) is 0 Å². The summed E-state index contributed by atoms with van der Waals surface area (Å²) in [6, 6.07) is 7.81. The lowest BCUT2D eigenvalue weighted by Gasteiger charge is -2.28. The molecule has 2 aliphatic heterocycles. The van der Waals surface area contributed by atoms with Crippen molar-refractivity contribution in [2.45, 2.75) is 51.8 Å². The molecular weight excluding hydrogens is 434 g/mol. The van der Waals surface area contributed by atoms with Crippen molar-refractivity contribution in [2.24, 2.45) is 0 Å². The molecule has 2 heterocycles. The molecule has 0 spiro atoms. The number of allylic oxidation sites excluding steroid dienone is 2. The van der Waals surface area contributed by atoms with Crippen molar-refractivity contribution >= 4 is 17.7 Å². The lowest BCUT2D eigenvalue weighted by Crippen LogP contribution is -2.52. The quantitative estimate of drug-likeness (QED) is 0.532. The van der Waals surface area contributed by atoms with E-state index < -0.39 is 11.9 Å². The zero-order chi connectivity index (χ0) is 24.1. The summed E-state index contributed by atoms with van der Waals surface area (Å²) in [5.41, 5.74) is 3.82. The van der Waals surface area contributed by atoms with Crippen molar-refractivity contribution in [3.63, 3.8) is 0 Å². The van der Waals surface area contributed by atoms with Gasteiger partial charge in [-0.25, -0.2) is 0 Å². The smallest absolute Gasteiger partial charge is 0.254 e. The van der Waals surface area contributed by atoms with E-state index in [0.29, 0.717) is 25.1 Å². The number of piperidine rings is 1. The van der Waals surface area contributed by atoms with Gasteiger partial charge < -0.3 is 14.4 Å². The van der Waals surface area contributed by atoms with E-state index in [2.05, 4.69) is 41.4 Å². The molecule has 3 amide bonds. The molecule has 4 rings (SSSR count). The number of imide groups is 1. The van der Waals surface area contributed by atoms with Crippen LogP contribution in [-0.4, -0.2) is 66.9 Å². The molecular formula is C26H33N3O5. The summed E-state index contributed by atoms with van der Waals surface area (Å²) in [5, 5.41) is 2.35. The maximum absolute atomic E-state index is 13.0. The van der Waals surface area contributed by atoms with Crippen molar-refractivity contribution in [3.05, 3.63) is 58.4 Å². The molecule has 1 aromatic rings. The number of nitrogens with zero attached hydrogens (tertiary/aromatic N) is 2. The largest absolute Gasteiger partial charge is 0.493 e. The number of hydrogen-bond acceptors (Lipinski definition) is 6. The summed E-state index contributed by atoms with van der Waals surface area (Å²) >= 11 is 0. The second-order valence-electron chi connectivity index (χ2n) is 8.92. The first-order valence-corrected chi connectivity index (χ1v) is 12.0. The van der Waals surface area contributed by atoms with Crippen molar-refractivity contribution < 1.29 is 23.9 Å². The van der Waals surface area contributed by atoms with Crippen LogP contribution in [0.1, 0.15) is 43.7 Å². The van der Waals surface area contributed by atoms with E-state index in [4.69, 9.17) is 9.47 Å². The van der Waals surface area contributed by atoms with Crippen LogP contribution >= 0.6 is 0 Å². The molecule has 1 unspecified atom stereocenters. The summed E-state index contributed by atoms with van der Waals surface area (Å²) in [6.07, 6.45) is 4.02. The fraction of sp³-hybridized carbons (Fsp3) is 0.500. The summed E-state index contributed by atoms with van der Waals surface area (Å²) in [7, 11) is 1.72. The Balaban J connectivity index is 1.39. The first-order chi connectivity index (χ1) is 16.5. The predicted octanol–water partition coefficient (Wildman–Crippen LogP) is 2.29. The maximum Gasteiger partial charge on any atom is 0.254 e. The van der Waals surface area contributed by atoms with Crippen LogP contribution in [0, 0.1) is 0 Å². The molecule has 8 heteroatoms. The minimum absolute atomic E-state index is 0.149. The van der Waals surface area contributed by atoms with E-state index in [1.807, 2.05) is 6.08 Å². The van der Waals surface area contributed by atoms with Crippen LogP contribution in [0.15, 0.2) is 47.2 Å². The highest BCUT2D eigenvalue weighted by Crippen LogP contribution is 2.35. The molecule has 2 saturated heterocycles. The van der Waals surface area contributed by atoms with E-state index >= 15 is 0 Å². The second kappa shape index (κ2) is 11.0. The summed E-state index contributed by atoms with van der Waals surface area (Å²) in [4.78, 5) is 40.7. The monoisotopic (exact) mass is 467 g/mol. The van der Waals surface area contributed by atoms with E-state index in [1.165, 1.54) is 5.56 Å². The van der Waals surface area contributed by atoms with Gasteiger partial charge in [0.1, 0.15) is 18.4 Å². The Hall–Kier alpha value is -2.97. The third-order valence-corrected chi connectivity index (χ3v) is 6.69. The molecule has 0 saturated carbocycles. The van der Waals surface area contributed by atoms with E-state index in [1.54, 1.807) is 12.0 Å². The molecule has 3 aliphatic rings. The number of carbonyl (C=O) groups is 3. The van der Waals surface area contributed by atoms with Gasteiger partial charge in [-0.3, -0.25) is 24.6 Å². The van der Waals surface area contributed by atoms with Gasteiger partial charge in [-0.1, -0.05) is 37.3 Å². The molecule has 182 valence electrons. The first kappa shape index (κ1) is 24.2. The molecule has 1 atom stereocenters. The SMILES string of the molecule is CCN(CCOC)Cc1ccc(COC2=C3CN(C4CCC(=O)NC4=O)C(=O)C3=CCC2)cc1. The highest BCUT2D eigenvalue weighted by atomic mass is 16.5. The van der Waals surface area contributed by atoms with E-state index in [9.17, 15) is 14.4 Å². The van der Waals surface area contributed by atoms with Crippen molar-refractivity contribution in [1.82, 2.24) is 15.1 Å². The van der Waals surface area contributed by atoms with Crippen LogP contribution < -0.4 is 5.32 Å². The summed E-state index contributed by atoms with van der Waals surface area (Å²) in [5.74, 6) is -0.00271. The van der Waals surface area contributed by atoms with Gasteiger partial charge in [0.2, 0.25) is 11.8 Å². The Bertz CT molecular complexity index is 998. The second-order valence-corrected chi connectivity index (χ2v) is 8.92. The number of hydrogen-bond donors (Lipinski definition) is 1. The minimum atomic E-state index is -0.607. The number of rotatable bonds is 10. The third kappa shape index (κ3) is 5.39. The van der Waals surface area contributed by atoms with Gasteiger partial charge in [0.05, 0.1) is 13.2 Å². The fourth-order valence-electron chi connectivity index (χ4n) is 4.69. The average Bonchev–Trinajstić information content (AvgIpc) is 3.18. The van der Waals surface area contributed by atoms with Crippen molar-refractivity contribution in [2.75, 3.05) is 33.4 Å². The molecule has 1 aliphatic carbocycles. The molecule has 0 radical (unpaired) electrons. The molecule has 0 bridgehead atoms. The minimum Gasteiger partial charge on any atom is -0.493 e. The zero-order valence-electron chi connectivity index (χ0n) is 20.0. The molecule has 1 N–H and O–H groups in total. The predicted molar refractivity (Wildman–Crippen MR) is 126 cm³/mol. The van der Waals surface area contributed by atoms with E-state index in [0.717, 1.165) is 56.0 Å². The van der Waals surface area contributed by atoms with Crippen LogP contribution in [0.25, 0.3) is 0 Å². The van der Waals surface area contributed by atoms with Gasteiger partial charge in [0.25, 0.3) is 5.91 Å². The topological polar surface area (TPSA) is 88.2 Å². The van der Waals surface area contributed by atoms with Crippen LogP contribution in [0.3, 0.4) is 0 Å². The van der Waals surface area contributed by atoms with Gasteiger partial charge >= 0.3 is 0 Å². The average molecular weight is 468 g/mol. The highest BCUT2D eigenvalue weighted by molar-refractivity contribution is 6.07. The number of amides is 3. The molecule has 8 nitrogen and oxygen atoms in total. The zero-order valence-corrected chi connectivity index (χ0v) is 20.0. The fourth-order valence-corrected chi connectivity index (χ4v) is 4.69. The van der Waals surface area contributed by atoms with Crippen molar-refractivity contribution in [1.29, 1.82) is 0 Å². The Morgan fingerprint density at radius 2 is 1.88 bits per heavy atom. The van der Waals surface area contributed by atoms with E-state index in [-0.39, 0.29) is 18.2 Å². The summed E-state index contributed by atoms with van der Waals surface area (Å²) < 4.78 is 11.4. The summed E-state index contributed by atoms with van der Waals surface area (Å²) in [6.45, 7) is 6.39. The third-order valence-electron chi connectivity index (χ3n) is 6.69. The maximum atomic E-state index is 13.0. The molecule has 1 aromatic carbocycles. The molecule has 2 fully saturated rings. The number of likely N-dealkylation sites (tertiary alicyclic amines) is 1. The number of ether oxygens (including phenoxy) is 2. The number of benzene rings is 1. The number of nitrogens with one attached hydrogen (secondary N) is 1. The molecule has 0 aromatic heterocycles. The number of carbonyl (C=O) groups excluding carboxylic acids is 3. The Morgan fingerprint density at radius 1 is 1.12 bits per heavy atom. The van der Waals surface area contributed by atoms with Gasteiger partial charge in [0.15, 0.2) is 0 Å². The van der Waals surface area contributed by atoms with Gasteiger partial charge in [0, 0.05) is 44.2 Å². The Labute approximate surface area is 200 Å². The Kier molecular flexibility index (Phi) is 7.80. The van der Waals surface area contributed by atoms with Crippen molar-refractivity contribution in [3.8, 4) is 0 Å². The van der Waals surface area contributed by atoms with Gasteiger partial charge in [-0.2, -0.15) is 0 Å². The lowest BCUT2D eigenvalue weighted by atomic mass is 9.98. The highest BCUT2D eigenvalue weighted by Gasteiger charge is 2.42.